The van der Waals surface area contributed by atoms with E-state index < -0.39 is 12.1 Å². The zero-order chi connectivity index (χ0) is 48.6. The minimum atomic E-state index is -0.852. The number of allylic oxidation sites excluding steroid dienone is 7. The second-order valence-electron chi connectivity index (χ2n) is 20.0. The van der Waals surface area contributed by atoms with Crippen LogP contribution in [-0.2, 0) is 14.3 Å². The van der Waals surface area contributed by atoms with Gasteiger partial charge in [0.05, 0.1) is 25.4 Å². The number of unbranched alkanes of at least 4 members (excludes halogenated alkanes) is 37. The summed E-state index contributed by atoms with van der Waals surface area (Å²) in [5.74, 6) is -0.0892. The molecule has 0 rings (SSSR count). The predicted molar refractivity (Wildman–Crippen MR) is 292 cm³/mol. The van der Waals surface area contributed by atoms with Crippen LogP contribution in [0.5, 0.6) is 0 Å². The number of carbonyl (C=O) groups excluding carboxylic acids is 2. The van der Waals surface area contributed by atoms with Crippen molar-refractivity contribution in [1.82, 2.24) is 5.32 Å². The largest absolute Gasteiger partial charge is 0.466 e. The van der Waals surface area contributed by atoms with E-state index in [9.17, 15) is 19.8 Å². The Morgan fingerprint density at radius 2 is 0.761 bits per heavy atom. The van der Waals surface area contributed by atoms with Gasteiger partial charge in [0.1, 0.15) is 0 Å². The Morgan fingerprint density at radius 3 is 1.19 bits per heavy atom. The van der Waals surface area contributed by atoms with E-state index in [0.717, 1.165) is 64.2 Å². The van der Waals surface area contributed by atoms with Crippen LogP contribution in [0.2, 0.25) is 0 Å². The average molecular weight is 941 g/mol. The summed E-state index contributed by atoms with van der Waals surface area (Å²) in [6.45, 7) is 4.85. The molecule has 0 aliphatic heterocycles. The third-order valence-electron chi connectivity index (χ3n) is 13.3. The number of hydrogen-bond acceptors (Lipinski definition) is 5. The van der Waals surface area contributed by atoms with Crippen molar-refractivity contribution in [3.63, 3.8) is 0 Å². The molecule has 0 bridgehead atoms. The van der Waals surface area contributed by atoms with Crippen molar-refractivity contribution in [2.75, 3.05) is 13.2 Å². The standard InChI is InChI=1S/C61H113NO5/c1-3-5-7-9-11-13-15-17-19-23-26-29-33-37-41-45-49-53-59(64)58(57-63)62-60(65)54-50-46-42-38-34-30-27-24-21-20-22-25-28-32-36-40-44-48-52-56-67-61(66)55-51-47-43-39-35-31-18-16-14-12-10-8-6-4-2/h10,12,16,18,20-21,49,53,58-59,63-64H,3-9,11,13-15,17,19,22-48,50-52,54-57H2,1-2H3,(H,62,65)/b12-10-,18-16-,21-20-,53-49+. The number of amides is 1. The third-order valence-corrected chi connectivity index (χ3v) is 13.3. The summed E-state index contributed by atoms with van der Waals surface area (Å²) in [6.07, 6.45) is 71.3. The fourth-order valence-electron chi connectivity index (χ4n) is 8.76. The van der Waals surface area contributed by atoms with Gasteiger partial charge in [-0.2, -0.15) is 0 Å². The molecule has 6 heteroatoms. The minimum Gasteiger partial charge on any atom is -0.466 e. The van der Waals surface area contributed by atoms with Gasteiger partial charge in [0.25, 0.3) is 0 Å². The molecule has 0 aliphatic carbocycles. The van der Waals surface area contributed by atoms with Gasteiger partial charge in [-0.25, -0.2) is 0 Å². The lowest BCUT2D eigenvalue weighted by Gasteiger charge is -2.20. The monoisotopic (exact) mass is 940 g/mol. The van der Waals surface area contributed by atoms with Gasteiger partial charge >= 0.3 is 5.97 Å². The first kappa shape index (κ1) is 64.8. The SMILES string of the molecule is CCCC/C=C\C/C=C\CCCCCCCC(=O)OCCCCCCCCCC/C=C\CCCCCCCCCC(=O)NC(CO)C(O)/C=C/CCCCCCCCCCCCCCCCC. The van der Waals surface area contributed by atoms with Crippen LogP contribution in [0.1, 0.15) is 303 Å². The number of hydrogen-bond donors (Lipinski definition) is 3. The number of aliphatic hydroxyl groups excluding tert-OH is 2. The highest BCUT2D eigenvalue weighted by Crippen LogP contribution is 2.16. The molecule has 0 saturated carbocycles. The molecule has 0 aromatic carbocycles. The number of rotatable bonds is 54. The van der Waals surface area contributed by atoms with Crippen LogP contribution < -0.4 is 5.32 Å². The summed E-state index contributed by atoms with van der Waals surface area (Å²) in [5, 5.41) is 23.1. The quantitative estimate of drug-likeness (QED) is 0.0321. The van der Waals surface area contributed by atoms with Gasteiger partial charge in [-0.1, -0.05) is 255 Å². The Kier molecular flexibility index (Phi) is 54.6. The molecule has 0 saturated heterocycles. The van der Waals surface area contributed by atoms with Crippen LogP contribution in [0.3, 0.4) is 0 Å². The van der Waals surface area contributed by atoms with Crippen molar-refractivity contribution in [3.8, 4) is 0 Å². The first-order valence-corrected chi connectivity index (χ1v) is 29.4. The summed E-state index contributed by atoms with van der Waals surface area (Å²) < 4.78 is 5.46. The summed E-state index contributed by atoms with van der Waals surface area (Å²) in [7, 11) is 0. The highest BCUT2D eigenvalue weighted by molar-refractivity contribution is 5.76. The molecule has 392 valence electrons. The van der Waals surface area contributed by atoms with Crippen LogP contribution in [0.4, 0.5) is 0 Å². The van der Waals surface area contributed by atoms with E-state index in [1.54, 1.807) is 6.08 Å². The first-order valence-electron chi connectivity index (χ1n) is 29.4. The van der Waals surface area contributed by atoms with Crippen LogP contribution >= 0.6 is 0 Å². The molecule has 2 atom stereocenters. The van der Waals surface area contributed by atoms with Crippen molar-refractivity contribution < 1.29 is 24.5 Å². The molecular formula is C61H113NO5. The number of carbonyl (C=O) groups is 2. The van der Waals surface area contributed by atoms with Crippen molar-refractivity contribution in [2.24, 2.45) is 0 Å². The van der Waals surface area contributed by atoms with Crippen molar-refractivity contribution >= 4 is 11.9 Å². The van der Waals surface area contributed by atoms with E-state index >= 15 is 0 Å². The first-order chi connectivity index (χ1) is 33.0. The summed E-state index contributed by atoms with van der Waals surface area (Å²) in [4.78, 5) is 24.5. The van der Waals surface area contributed by atoms with Crippen molar-refractivity contribution in [2.45, 2.75) is 315 Å². The number of esters is 1. The van der Waals surface area contributed by atoms with Crippen LogP contribution in [0.25, 0.3) is 0 Å². The average Bonchev–Trinajstić information content (AvgIpc) is 3.33. The lowest BCUT2D eigenvalue weighted by atomic mass is 10.0. The Labute approximate surface area is 416 Å². The summed E-state index contributed by atoms with van der Waals surface area (Å²) in [6, 6.07) is -0.636. The van der Waals surface area contributed by atoms with Gasteiger partial charge in [0.15, 0.2) is 0 Å². The lowest BCUT2D eigenvalue weighted by molar-refractivity contribution is -0.143. The maximum Gasteiger partial charge on any atom is 0.305 e. The van der Waals surface area contributed by atoms with E-state index in [1.165, 1.54) is 212 Å². The van der Waals surface area contributed by atoms with Crippen LogP contribution in [0, 0.1) is 0 Å². The van der Waals surface area contributed by atoms with E-state index in [0.29, 0.717) is 19.4 Å². The molecule has 0 aliphatic rings. The van der Waals surface area contributed by atoms with Gasteiger partial charge in [-0.15, -0.1) is 0 Å². The molecule has 0 fully saturated rings. The molecule has 67 heavy (non-hydrogen) atoms. The van der Waals surface area contributed by atoms with Gasteiger partial charge in [-0.05, 0) is 83.5 Å². The second kappa shape index (κ2) is 56.4. The Bertz CT molecular complexity index is 1130. The highest BCUT2D eigenvalue weighted by atomic mass is 16.5. The topological polar surface area (TPSA) is 95.9 Å². The van der Waals surface area contributed by atoms with E-state index in [1.807, 2.05) is 6.08 Å². The predicted octanol–water partition coefficient (Wildman–Crippen LogP) is 18.2. The summed E-state index contributed by atoms with van der Waals surface area (Å²) >= 11 is 0. The van der Waals surface area contributed by atoms with E-state index in [2.05, 4.69) is 55.6 Å². The van der Waals surface area contributed by atoms with Crippen molar-refractivity contribution in [3.05, 3.63) is 48.6 Å². The van der Waals surface area contributed by atoms with Crippen molar-refractivity contribution in [1.29, 1.82) is 0 Å². The fraction of sp³-hybridized carbons (Fsp3) is 0.836. The van der Waals surface area contributed by atoms with Gasteiger partial charge < -0.3 is 20.3 Å². The Balaban J connectivity index is 3.49. The molecule has 0 radical (unpaired) electrons. The van der Waals surface area contributed by atoms with Crippen LogP contribution in [-0.4, -0.2) is 47.4 Å². The normalized spacial score (nSPS) is 13.0. The maximum absolute atomic E-state index is 12.5. The number of aliphatic hydroxyl groups is 2. The molecule has 0 spiro atoms. The molecule has 2 unspecified atom stereocenters. The molecule has 3 N–H and O–H groups in total. The molecule has 0 aromatic rings. The Morgan fingerprint density at radius 1 is 0.418 bits per heavy atom. The smallest absolute Gasteiger partial charge is 0.305 e. The van der Waals surface area contributed by atoms with Crippen LogP contribution in [0.15, 0.2) is 48.6 Å². The number of nitrogens with one attached hydrogen (secondary N) is 1. The molecule has 0 heterocycles. The highest BCUT2D eigenvalue weighted by Gasteiger charge is 2.18. The second-order valence-corrected chi connectivity index (χ2v) is 20.0. The summed E-state index contributed by atoms with van der Waals surface area (Å²) in [5.41, 5.74) is 0. The maximum atomic E-state index is 12.5. The molecule has 1 amide bonds. The number of ether oxygens (including phenoxy) is 1. The van der Waals surface area contributed by atoms with Gasteiger partial charge in [-0.3, -0.25) is 9.59 Å². The van der Waals surface area contributed by atoms with E-state index in [4.69, 9.17) is 4.74 Å². The van der Waals surface area contributed by atoms with Gasteiger partial charge in [0.2, 0.25) is 5.91 Å². The molecular weight excluding hydrogens is 827 g/mol. The zero-order valence-corrected chi connectivity index (χ0v) is 44.6. The zero-order valence-electron chi connectivity index (χ0n) is 44.6. The van der Waals surface area contributed by atoms with E-state index in [-0.39, 0.29) is 18.5 Å². The minimum absolute atomic E-state index is 0.0119. The van der Waals surface area contributed by atoms with Gasteiger partial charge in [0, 0.05) is 12.8 Å². The molecule has 0 aromatic heterocycles. The fourth-order valence-corrected chi connectivity index (χ4v) is 8.76. The Hall–Kier alpha value is -2.18. The molecule has 6 nitrogen and oxygen atoms in total. The lowest BCUT2D eigenvalue weighted by Crippen LogP contribution is -2.45. The third kappa shape index (κ3) is 53.0.